The Morgan fingerprint density at radius 2 is 1.86 bits per heavy atom. The van der Waals surface area contributed by atoms with Gasteiger partial charge in [0, 0.05) is 13.1 Å². The van der Waals surface area contributed by atoms with Crippen LogP contribution in [0.5, 0.6) is 11.5 Å². The smallest absolute Gasteiger partial charge is 0.414 e. The van der Waals surface area contributed by atoms with Crippen LogP contribution in [0.4, 0.5) is 0 Å². The lowest BCUT2D eigenvalue weighted by atomic mass is 10.0. The van der Waals surface area contributed by atoms with E-state index < -0.39 is 11.9 Å². The van der Waals surface area contributed by atoms with Crippen LogP contribution < -0.4 is 9.47 Å². The lowest BCUT2D eigenvalue weighted by molar-refractivity contribution is -0.159. The Balaban J connectivity index is 0.000000568. The summed E-state index contributed by atoms with van der Waals surface area (Å²) in [6.45, 7) is 9.76. The number of aliphatic carboxylic acids is 2. The number of piperidine rings is 1. The van der Waals surface area contributed by atoms with Crippen molar-refractivity contribution >= 4 is 11.9 Å². The summed E-state index contributed by atoms with van der Waals surface area (Å²) >= 11 is 0. The van der Waals surface area contributed by atoms with Crippen molar-refractivity contribution in [3.63, 3.8) is 0 Å². The molecule has 28 heavy (non-hydrogen) atoms. The maximum atomic E-state index is 9.10. The largest absolute Gasteiger partial charge is 0.493 e. The summed E-state index contributed by atoms with van der Waals surface area (Å²) in [4.78, 5) is 20.7. The van der Waals surface area contributed by atoms with Crippen LogP contribution in [0, 0.1) is 12.8 Å². The zero-order chi connectivity index (χ0) is 20.9. The maximum absolute atomic E-state index is 9.10. The first-order chi connectivity index (χ1) is 13.3. The molecule has 1 saturated heterocycles. The fourth-order valence-corrected chi connectivity index (χ4v) is 2.89. The summed E-state index contributed by atoms with van der Waals surface area (Å²) in [5, 5.41) is 14.8. The summed E-state index contributed by atoms with van der Waals surface area (Å²) in [6.07, 6.45) is 2.68. The number of likely N-dealkylation sites (tertiary alicyclic amines) is 1. The number of ether oxygens (including phenoxy) is 3. The lowest BCUT2D eigenvalue weighted by Crippen LogP contribution is -2.36. The third-order valence-corrected chi connectivity index (χ3v) is 4.28. The number of nitrogens with zero attached hydrogens (tertiary/aromatic N) is 1. The monoisotopic (exact) mass is 397 g/mol. The highest BCUT2D eigenvalue weighted by Crippen LogP contribution is 2.27. The minimum absolute atomic E-state index is 0.551. The molecule has 1 aromatic rings. The highest BCUT2D eigenvalue weighted by atomic mass is 16.5. The van der Waals surface area contributed by atoms with Gasteiger partial charge in [0.15, 0.2) is 11.5 Å². The minimum Gasteiger partial charge on any atom is -0.493 e. The van der Waals surface area contributed by atoms with Gasteiger partial charge in [0.2, 0.25) is 0 Å². The molecule has 1 aromatic carbocycles. The zero-order valence-corrected chi connectivity index (χ0v) is 16.8. The van der Waals surface area contributed by atoms with E-state index in [4.69, 9.17) is 34.0 Å². The third kappa shape index (κ3) is 9.57. The SMILES string of the molecule is COc1cc(C)ccc1OCCOCCN1CCCC(C)C1.O=C(O)C(=O)O. The summed E-state index contributed by atoms with van der Waals surface area (Å²) in [7, 11) is 1.66. The standard InChI is InChI=1S/C18H29NO3.C2H2O4/c1-15-6-7-17(18(13-15)20-3)22-12-11-21-10-9-19-8-4-5-16(2)14-19;3-1(4)2(5)6/h6-7,13,16H,4-5,8-12,14H2,1-3H3;(H,3,4)(H,5,6). The Labute approximate surface area is 166 Å². The van der Waals surface area contributed by atoms with Crippen LogP contribution in [-0.2, 0) is 14.3 Å². The molecule has 1 heterocycles. The normalized spacial score (nSPS) is 16.6. The van der Waals surface area contributed by atoms with Crippen molar-refractivity contribution < 1.29 is 34.0 Å². The molecule has 158 valence electrons. The van der Waals surface area contributed by atoms with Gasteiger partial charge in [0.25, 0.3) is 0 Å². The molecule has 0 bridgehead atoms. The lowest BCUT2D eigenvalue weighted by Gasteiger charge is -2.30. The summed E-state index contributed by atoms with van der Waals surface area (Å²) in [5.74, 6) is -1.26. The van der Waals surface area contributed by atoms with E-state index in [1.807, 2.05) is 25.1 Å². The molecule has 1 fully saturated rings. The molecule has 0 saturated carbocycles. The Bertz CT molecular complexity index is 609. The molecule has 1 atom stereocenters. The van der Waals surface area contributed by atoms with E-state index in [2.05, 4.69) is 11.8 Å². The second kappa shape index (κ2) is 13.0. The van der Waals surface area contributed by atoms with Crippen LogP contribution in [0.15, 0.2) is 18.2 Å². The highest BCUT2D eigenvalue weighted by Gasteiger charge is 2.15. The predicted molar refractivity (Wildman–Crippen MR) is 104 cm³/mol. The first kappa shape index (κ1) is 23.7. The first-order valence-electron chi connectivity index (χ1n) is 9.37. The summed E-state index contributed by atoms with van der Waals surface area (Å²) in [5.41, 5.74) is 1.16. The number of hydrogen-bond donors (Lipinski definition) is 2. The van der Waals surface area contributed by atoms with Gasteiger partial charge < -0.3 is 29.3 Å². The van der Waals surface area contributed by atoms with Crippen molar-refractivity contribution in [2.24, 2.45) is 5.92 Å². The van der Waals surface area contributed by atoms with Gasteiger partial charge in [-0.2, -0.15) is 0 Å². The molecular formula is C20H31NO7. The van der Waals surface area contributed by atoms with E-state index in [0.29, 0.717) is 13.2 Å². The molecule has 1 aliphatic rings. The molecular weight excluding hydrogens is 366 g/mol. The van der Waals surface area contributed by atoms with Crippen LogP contribution >= 0.6 is 0 Å². The van der Waals surface area contributed by atoms with E-state index in [-0.39, 0.29) is 0 Å². The van der Waals surface area contributed by atoms with Gasteiger partial charge in [-0.05, 0) is 49.9 Å². The van der Waals surface area contributed by atoms with Crippen LogP contribution in [0.1, 0.15) is 25.3 Å². The minimum atomic E-state index is -1.82. The molecule has 0 amide bonds. The predicted octanol–water partition coefficient (Wildman–Crippen LogP) is 2.29. The number of methoxy groups -OCH3 is 1. The fraction of sp³-hybridized carbons (Fsp3) is 0.600. The fourth-order valence-electron chi connectivity index (χ4n) is 2.89. The molecule has 2 N–H and O–H groups in total. The van der Waals surface area contributed by atoms with E-state index in [1.54, 1.807) is 7.11 Å². The molecule has 8 nitrogen and oxygen atoms in total. The van der Waals surface area contributed by atoms with Gasteiger partial charge in [-0.25, -0.2) is 9.59 Å². The number of carbonyl (C=O) groups is 2. The summed E-state index contributed by atoms with van der Waals surface area (Å²) < 4.78 is 16.7. The Morgan fingerprint density at radius 1 is 1.14 bits per heavy atom. The maximum Gasteiger partial charge on any atom is 0.414 e. The van der Waals surface area contributed by atoms with Gasteiger partial charge >= 0.3 is 11.9 Å². The molecule has 0 spiro atoms. The second-order valence-electron chi connectivity index (χ2n) is 6.77. The van der Waals surface area contributed by atoms with Crippen molar-refractivity contribution in [3.05, 3.63) is 23.8 Å². The van der Waals surface area contributed by atoms with Gasteiger partial charge in [-0.15, -0.1) is 0 Å². The van der Waals surface area contributed by atoms with E-state index in [0.717, 1.165) is 36.1 Å². The number of aryl methyl sites for hydroxylation is 1. The van der Waals surface area contributed by atoms with Gasteiger partial charge in [0.05, 0.1) is 20.3 Å². The zero-order valence-electron chi connectivity index (χ0n) is 16.8. The van der Waals surface area contributed by atoms with Crippen LogP contribution in [0.3, 0.4) is 0 Å². The topological polar surface area (TPSA) is 106 Å². The van der Waals surface area contributed by atoms with Crippen LogP contribution in [-0.4, -0.2) is 73.6 Å². The Hall–Kier alpha value is -2.32. The van der Waals surface area contributed by atoms with Crippen molar-refractivity contribution in [1.29, 1.82) is 0 Å². The number of rotatable bonds is 8. The molecule has 1 aliphatic heterocycles. The number of carboxylic acid groups (broad SMARTS) is 2. The molecule has 0 aliphatic carbocycles. The van der Waals surface area contributed by atoms with Crippen molar-refractivity contribution in [2.75, 3.05) is 46.6 Å². The number of benzene rings is 1. The van der Waals surface area contributed by atoms with Crippen LogP contribution in [0.25, 0.3) is 0 Å². The second-order valence-corrected chi connectivity index (χ2v) is 6.77. The highest BCUT2D eigenvalue weighted by molar-refractivity contribution is 6.27. The number of carboxylic acids is 2. The van der Waals surface area contributed by atoms with E-state index in [9.17, 15) is 0 Å². The summed E-state index contributed by atoms with van der Waals surface area (Å²) in [6, 6.07) is 5.95. The van der Waals surface area contributed by atoms with E-state index >= 15 is 0 Å². The van der Waals surface area contributed by atoms with Gasteiger partial charge in [0.1, 0.15) is 6.61 Å². The van der Waals surface area contributed by atoms with Crippen molar-refractivity contribution in [3.8, 4) is 11.5 Å². The average molecular weight is 397 g/mol. The number of hydrogen-bond acceptors (Lipinski definition) is 6. The molecule has 0 aromatic heterocycles. The Morgan fingerprint density at radius 3 is 2.46 bits per heavy atom. The van der Waals surface area contributed by atoms with Crippen LogP contribution in [0.2, 0.25) is 0 Å². The molecule has 0 radical (unpaired) electrons. The van der Waals surface area contributed by atoms with Crippen molar-refractivity contribution in [1.82, 2.24) is 4.90 Å². The average Bonchev–Trinajstić information content (AvgIpc) is 2.66. The molecule has 1 unspecified atom stereocenters. The van der Waals surface area contributed by atoms with Gasteiger partial charge in [-0.3, -0.25) is 0 Å². The van der Waals surface area contributed by atoms with Gasteiger partial charge in [-0.1, -0.05) is 13.0 Å². The molecule has 2 rings (SSSR count). The molecule has 8 heteroatoms. The van der Waals surface area contributed by atoms with Crippen molar-refractivity contribution in [2.45, 2.75) is 26.7 Å². The Kier molecular flexibility index (Phi) is 11.0. The third-order valence-electron chi connectivity index (χ3n) is 4.28. The quantitative estimate of drug-likeness (QED) is 0.508. The van der Waals surface area contributed by atoms with E-state index in [1.165, 1.54) is 25.9 Å². The first-order valence-corrected chi connectivity index (χ1v) is 9.37.